The van der Waals surface area contributed by atoms with E-state index < -0.39 is 0 Å². The third kappa shape index (κ3) is 2.18. The van der Waals surface area contributed by atoms with E-state index in [-0.39, 0.29) is 17.6 Å². The van der Waals surface area contributed by atoms with Crippen LogP contribution < -0.4 is 0 Å². The first kappa shape index (κ1) is 12.5. The van der Waals surface area contributed by atoms with Crippen LogP contribution in [0.3, 0.4) is 0 Å². The van der Waals surface area contributed by atoms with E-state index in [0.29, 0.717) is 36.9 Å². The Balaban J connectivity index is 2.03. The van der Waals surface area contributed by atoms with Gasteiger partial charge in [-0.1, -0.05) is 19.1 Å². The van der Waals surface area contributed by atoms with Crippen molar-refractivity contribution < 1.29 is 14.4 Å². The van der Waals surface area contributed by atoms with Gasteiger partial charge in [-0.15, -0.1) is 0 Å². The molecule has 0 saturated carbocycles. The average molecular weight is 245 g/mol. The second kappa shape index (κ2) is 5.12. The molecule has 0 aromatic heterocycles. The van der Waals surface area contributed by atoms with E-state index in [1.54, 1.807) is 24.3 Å². The fraction of sp³-hybridized carbons (Fsp3) is 0.357. The van der Waals surface area contributed by atoms with Crippen molar-refractivity contribution in [3.05, 3.63) is 35.4 Å². The van der Waals surface area contributed by atoms with E-state index in [1.165, 1.54) is 4.90 Å². The van der Waals surface area contributed by atoms with Gasteiger partial charge in [-0.05, 0) is 18.6 Å². The van der Waals surface area contributed by atoms with Crippen molar-refractivity contribution in [1.82, 2.24) is 4.90 Å². The van der Waals surface area contributed by atoms with Crippen LogP contribution in [0.2, 0.25) is 0 Å². The van der Waals surface area contributed by atoms with Crippen LogP contribution in [0, 0.1) is 0 Å². The van der Waals surface area contributed by atoms with E-state index in [9.17, 15) is 14.4 Å². The van der Waals surface area contributed by atoms with Crippen molar-refractivity contribution in [2.24, 2.45) is 0 Å². The quantitative estimate of drug-likeness (QED) is 0.746. The molecule has 0 unspecified atom stereocenters. The van der Waals surface area contributed by atoms with Crippen LogP contribution >= 0.6 is 0 Å². The van der Waals surface area contributed by atoms with Gasteiger partial charge in [-0.3, -0.25) is 19.3 Å². The Morgan fingerprint density at radius 2 is 1.67 bits per heavy atom. The lowest BCUT2D eigenvalue weighted by Crippen LogP contribution is -2.30. The molecule has 2 rings (SSSR count). The van der Waals surface area contributed by atoms with Crippen LogP contribution in [-0.2, 0) is 4.79 Å². The summed E-state index contributed by atoms with van der Waals surface area (Å²) in [7, 11) is 0. The number of imide groups is 1. The first-order valence-corrected chi connectivity index (χ1v) is 6.12. The van der Waals surface area contributed by atoms with Crippen molar-refractivity contribution in [2.75, 3.05) is 6.54 Å². The summed E-state index contributed by atoms with van der Waals surface area (Å²) in [6.45, 7) is 2.13. The lowest BCUT2D eigenvalue weighted by atomic mass is 10.1. The molecule has 0 atom stereocenters. The molecule has 1 aliphatic rings. The zero-order chi connectivity index (χ0) is 13.1. The molecular formula is C14H15NO3. The molecule has 94 valence electrons. The Morgan fingerprint density at radius 1 is 1.11 bits per heavy atom. The fourth-order valence-corrected chi connectivity index (χ4v) is 2.05. The van der Waals surface area contributed by atoms with Crippen molar-refractivity contribution in [3.8, 4) is 0 Å². The van der Waals surface area contributed by atoms with Gasteiger partial charge in [-0.2, -0.15) is 0 Å². The molecule has 4 heteroatoms. The minimum atomic E-state index is -0.250. The lowest BCUT2D eigenvalue weighted by Gasteiger charge is -2.12. The maximum atomic E-state index is 12.0. The number of carbonyl (C=O) groups excluding carboxylic acids is 3. The molecule has 1 aromatic carbocycles. The van der Waals surface area contributed by atoms with Gasteiger partial charge in [0.05, 0.1) is 11.1 Å². The summed E-state index contributed by atoms with van der Waals surface area (Å²) in [6, 6.07) is 6.81. The Labute approximate surface area is 106 Å². The van der Waals surface area contributed by atoms with Crippen LogP contribution in [0.5, 0.6) is 0 Å². The van der Waals surface area contributed by atoms with Gasteiger partial charge in [0.2, 0.25) is 0 Å². The maximum Gasteiger partial charge on any atom is 0.261 e. The molecule has 1 aromatic rings. The first-order chi connectivity index (χ1) is 8.65. The summed E-state index contributed by atoms with van der Waals surface area (Å²) >= 11 is 0. The monoisotopic (exact) mass is 245 g/mol. The smallest absolute Gasteiger partial charge is 0.261 e. The van der Waals surface area contributed by atoms with Crippen LogP contribution in [0.15, 0.2) is 24.3 Å². The summed E-state index contributed by atoms with van der Waals surface area (Å²) in [6.07, 6.45) is 1.46. The summed E-state index contributed by atoms with van der Waals surface area (Å²) in [5.74, 6) is -0.342. The molecule has 18 heavy (non-hydrogen) atoms. The molecule has 2 amide bonds. The van der Waals surface area contributed by atoms with E-state index in [0.717, 1.165) is 0 Å². The van der Waals surface area contributed by atoms with E-state index >= 15 is 0 Å². The molecule has 0 spiro atoms. The highest BCUT2D eigenvalue weighted by Gasteiger charge is 2.34. The number of ketones is 1. The van der Waals surface area contributed by atoms with Crippen molar-refractivity contribution in [1.29, 1.82) is 0 Å². The maximum absolute atomic E-state index is 12.0. The number of amides is 2. The van der Waals surface area contributed by atoms with Crippen LogP contribution in [0.1, 0.15) is 46.9 Å². The third-order valence-corrected chi connectivity index (χ3v) is 3.11. The summed E-state index contributed by atoms with van der Waals surface area (Å²) in [5, 5.41) is 0. The predicted molar refractivity (Wildman–Crippen MR) is 66.3 cm³/mol. The Kier molecular flexibility index (Phi) is 3.55. The van der Waals surface area contributed by atoms with Gasteiger partial charge in [0.1, 0.15) is 5.78 Å². The number of Topliss-reactive ketones (excluding diaryl/α,β-unsaturated/α-hetero) is 1. The van der Waals surface area contributed by atoms with E-state index in [1.807, 2.05) is 6.92 Å². The number of hydrogen-bond acceptors (Lipinski definition) is 3. The summed E-state index contributed by atoms with van der Waals surface area (Å²) in [5.41, 5.74) is 0.925. The molecule has 0 bridgehead atoms. The standard InChI is InChI=1S/C14H15NO3/c1-2-10(16)6-5-9-15-13(17)11-7-3-4-8-12(11)14(15)18/h3-4,7-8H,2,5-6,9H2,1H3. The van der Waals surface area contributed by atoms with Gasteiger partial charge >= 0.3 is 0 Å². The minimum Gasteiger partial charge on any atom is -0.300 e. The highest BCUT2D eigenvalue weighted by Crippen LogP contribution is 2.22. The largest absolute Gasteiger partial charge is 0.300 e. The van der Waals surface area contributed by atoms with Gasteiger partial charge in [0.15, 0.2) is 0 Å². The van der Waals surface area contributed by atoms with Gasteiger partial charge in [0, 0.05) is 19.4 Å². The van der Waals surface area contributed by atoms with Gasteiger partial charge in [-0.25, -0.2) is 0 Å². The highest BCUT2D eigenvalue weighted by molar-refractivity contribution is 6.21. The zero-order valence-electron chi connectivity index (χ0n) is 10.3. The first-order valence-electron chi connectivity index (χ1n) is 6.12. The second-order valence-corrected chi connectivity index (χ2v) is 4.30. The van der Waals surface area contributed by atoms with E-state index in [2.05, 4.69) is 0 Å². The second-order valence-electron chi connectivity index (χ2n) is 4.30. The van der Waals surface area contributed by atoms with Crippen LogP contribution in [-0.4, -0.2) is 29.0 Å². The molecule has 4 nitrogen and oxygen atoms in total. The fourth-order valence-electron chi connectivity index (χ4n) is 2.05. The minimum absolute atomic E-state index is 0.159. The predicted octanol–water partition coefficient (Wildman–Crippen LogP) is 2.04. The lowest BCUT2D eigenvalue weighted by molar-refractivity contribution is -0.118. The van der Waals surface area contributed by atoms with E-state index in [4.69, 9.17) is 0 Å². The molecule has 0 N–H and O–H groups in total. The normalized spacial score (nSPS) is 13.9. The van der Waals surface area contributed by atoms with Crippen LogP contribution in [0.25, 0.3) is 0 Å². The number of nitrogens with zero attached hydrogens (tertiary/aromatic N) is 1. The molecular weight excluding hydrogens is 230 g/mol. The number of rotatable bonds is 5. The molecule has 0 saturated heterocycles. The zero-order valence-corrected chi connectivity index (χ0v) is 10.3. The summed E-state index contributed by atoms with van der Waals surface area (Å²) < 4.78 is 0. The molecule has 1 heterocycles. The van der Waals surface area contributed by atoms with Gasteiger partial charge < -0.3 is 0 Å². The number of benzene rings is 1. The molecule has 0 radical (unpaired) electrons. The Morgan fingerprint density at radius 3 is 2.17 bits per heavy atom. The van der Waals surface area contributed by atoms with Crippen molar-refractivity contribution in [2.45, 2.75) is 26.2 Å². The average Bonchev–Trinajstić information content (AvgIpc) is 2.64. The Hall–Kier alpha value is -1.97. The van der Waals surface area contributed by atoms with Gasteiger partial charge in [0.25, 0.3) is 11.8 Å². The topological polar surface area (TPSA) is 54.5 Å². The van der Waals surface area contributed by atoms with Crippen molar-refractivity contribution in [3.63, 3.8) is 0 Å². The van der Waals surface area contributed by atoms with Crippen molar-refractivity contribution >= 4 is 17.6 Å². The molecule has 0 aliphatic carbocycles. The highest BCUT2D eigenvalue weighted by atomic mass is 16.2. The SMILES string of the molecule is CCC(=O)CCCN1C(=O)c2ccccc2C1=O. The number of carbonyl (C=O) groups is 3. The number of fused-ring (bicyclic) bond motifs is 1. The van der Waals surface area contributed by atoms with Crippen LogP contribution in [0.4, 0.5) is 0 Å². The Bertz CT molecular complexity index is 473. The summed E-state index contributed by atoms with van der Waals surface area (Å²) in [4.78, 5) is 36.4. The number of hydrogen-bond donors (Lipinski definition) is 0. The third-order valence-electron chi connectivity index (χ3n) is 3.11. The molecule has 0 fully saturated rings. The molecule has 1 aliphatic heterocycles.